The van der Waals surface area contributed by atoms with Crippen LogP contribution in [0.1, 0.15) is 11.1 Å². The van der Waals surface area contributed by atoms with Gasteiger partial charge >= 0.3 is 0 Å². The molecule has 0 fully saturated rings. The van der Waals surface area contributed by atoms with Crippen molar-refractivity contribution >= 4 is 31.9 Å². The van der Waals surface area contributed by atoms with Crippen molar-refractivity contribution < 1.29 is 18.6 Å². The molecule has 0 bridgehead atoms. The SMILES string of the molecule is COc1cc(C)c(Br)cc1F.Cc1cc(O)c(F)cc1Br. The lowest BCUT2D eigenvalue weighted by atomic mass is 10.2. The number of hydrogen-bond acceptors (Lipinski definition) is 2. The number of hydrogen-bond donors (Lipinski definition) is 1. The minimum atomic E-state index is -0.600. The first-order valence-electron chi connectivity index (χ1n) is 5.90. The first-order chi connectivity index (χ1) is 9.76. The summed E-state index contributed by atoms with van der Waals surface area (Å²) in [6.45, 7) is 3.66. The number of phenols is 1. The number of ether oxygens (including phenoxy) is 1. The summed E-state index contributed by atoms with van der Waals surface area (Å²) in [6, 6.07) is 5.66. The fourth-order valence-electron chi connectivity index (χ4n) is 1.43. The Labute approximate surface area is 139 Å². The van der Waals surface area contributed by atoms with E-state index in [9.17, 15) is 8.78 Å². The van der Waals surface area contributed by atoms with E-state index in [0.29, 0.717) is 4.47 Å². The molecule has 0 spiro atoms. The highest BCUT2D eigenvalue weighted by Gasteiger charge is 2.04. The van der Waals surface area contributed by atoms with Gasteiger partial charge in [0, 0.05) is 8.95 Å². The minimum absolute atomic E-state index is 0.283. The van der Waals surface area contributed by atoms with Crippen molar-refractivity contribution in [2.75, 3.05) is 7.11 Å². The number of aromatic hydroxyl groups is 1. The van der Waals surface area contributed by atoms with Gasteiger partial charge in [-0.15, -0.1) is 0 Å². The van der Waals surface area contributed by atoms with Gasteiger partial charge in [0.25, 0.3) is 0 Å². The lowest BCUT2D eigenvalue weighted by Crippen LogP contribution is -1.89. The third-order valence-corrected chi connectivity index (χ3v) is 4.37. The van der Waals surface area contributed by atoms with E-state index in [2.05, 4.69) is 31.9 Å². The molecule has 0 aromatic heterocycles. The Morgan fingerprint density at radius 2 is 1.38 bits per heavy atom. The first kappa shape index (κ1) is 17.9. The van der Waals surface area contributed by atoms with Crippen LogP contribution in [-0.2, 0) is 0 Å². The number of aryl methyl sites for hydroxylation is 2. The van der Waals surface area contributed by atoms with E-state index < -0.39 is 5.82 Å². The second kappa shape index (κ2) is 7.75. The Morgan fingerprint density at radius 1 is 0.905 bits per heavy atom. The highest BCUT2D eigenvalue weighted by atomic mass is 79.9. The van der Waals surface area contributed by atoms with E-state index in [-0.39, 0.29) is 17.3 Å². The summed E-state index contributed by atoms with van der Waals surface area (Å²) >= 11 is 6.34. The van der Waals surface area contributed by atoms with Crippen molar-refractivity contribution in [3.63, 3.8) is 0 Å². The van der Waals surface area contributed by atoms with Crippen LogP contribution in [0.15, 0.2) is 33.2 Å². The van der Waals surface area contributed by atoms with Crippen molar-refractivity contribution in [2.45, 2.75) is 13.8 Å². The summed E-state index contributed by atoms with van der Waals surface area (Å²) in [5, 5.41) is 8.83. The maximum absolute atomic E-state index is 12.9. The predicted octanol–water partition coefficient (Wildman–Crippen LogP) is 5.51. The minimum Gasteiger partial charge on any atom is -0.505 e. The van der Waals surface area contributed by atoms with Crippen LogP contribution in [0.4, 0.5) is 8.78 Å². The Bertz CT molecular complexity index is 596. The van der Waals surface area contributed by atoms with E-state index in [1.54, 1.807) is 13.0 Å². The highest BCUT2D eigenvalue weighted by Crippen LogP contribution is 2.25. The Morgan fingerprint density at radius 3 is 1.86 bits per heavy atom. The molecule has 0 aliphatic rings. The van der Waals surface area contributed by atoms with Crippen molar-refractivity contribution in [2.24, 2.45) is 0 Å². The lowest BCUT2D eigenvalue weighted by molar-refractivity contribution is 0.386. The molecule has 6 heteroatoms. The smallest absolute Gasteiger partial charge is 0.166 e. The van der Waals surface area contributed by atoms with E-state index in [4.69, 9.17) is 9.84 Å². The van der Waals surface area contributed by atoms with Crippen LogP contribution in [0, 0.1) is 25.5 Å². The van der Waals surface area contributed by atoms with Crippen LogP contribution in [0.3, 0.4) is 0 Å². The van der Waals surface area contributed by atoms with Gasteiger partial charge in [-0.1, -0.05) is 31.9 Å². The summed E-state index contributed by atoms with van der Waals surface area (Å²) in [6.07, 6.45) is 0. The number of rotatable bonds is 1. The normalized spacial score (nSPS) is 9.86. The fourth-order valence-corrected chi connectivity index (χ4v) is 2.06. The monoisotopic (exact) mass is 422 g/mol. The maximum Gasteiger partial charge on any atom is 0.166 e. The molecule has 21 heavy (non-hydrogen) atoms. The summed E-state index contributed by atoms with van der Waals surface area (Å²) < 4.78 is 31.6. The molecule has 2 aromatic carbocycles. The number of halogens is 4. The van der Waals surface area contributed by atoms with E-state index in [0.717, 1.165) is 15.6 Å². The molecular formula is C15H14Br2F2O2. The van der Waals surface area contributed by atoms with E-state index >= 15 is 0 Å². The summed E-state index contributed by atoms with van der Waals surface area (Å²) in [5.74, 6) is -0.964. The molecule has 114 valence electrons. The molecule has 0 atom stereocenters. The molecule has 0 aliphatic heterocycles. The van der Waals surface area contributed by atoms with Gasteiger partial charge in [0.2, 0.25) is 0 Å². The topological polar surface area (TPSA) is 29.5 Å². The number of phenolic OH excluding ortho intramolecular Hbond substituents is 1. The van der Waals surface area contributed by atoms with Gasteiger partial charge in [-0.25, -0.2) is 8.78 Å². The Hall–Kier alpha value is -1.14. The maximum atomic E-state index is 12.9. The summed E-state index contributed by atoms with van der Waals surface area (Å²) in [7, 11) is 1.45. The lowest BCUT2D eigenvalue weighted by Gasteiger charge is -2.03. The molecule has 2 nitrogen and oxygen atoms in total. The van der Waals surface area contributed by atoms with Gasteiger partial charge in [-0.2, -0.15) is 0 Å². The molecule has 0 aliphatic carbocycles. The zero-order valence-corrected chi connectivity index (χ0v) is 14.8. The molecule has 0 radical (unpaired) electrons. The quantitative estimate of drug-likeness (QED) is 0.655. The predicted molar refractivity (Wildman–Crippen MR) is 85.9 cm³/mol. The molecular weight excluding hydrogens is 410 g/mol. The van der Waals surface area contributed by atoms with E-state index in [1.165, 1.54) is 25.3 Å². The molecule has 0 heterocycles. The van der Waals surface area contributed by atoms with Crippen LogP contribution < -0.4 is 4.74 Å². The largest absolute Gasteiger partial charge is 0.505 e. The Balaban J connectivity index is 0.000000211. The zero-order chi connectivity index (χ0) is 16.2. The third-order valence-electron chi connectivity index (χ3n) is 2.66. The molecule has 2 aromatic rings. The molecule has 0 unspecified atom stereocenters. The molecule has 0 amide bonds. The molecule has 2 rings (SSSR count). The van der Waals surface area contributed by atoms with Crippen molar-refractivity contribution in [3.8, 4) is 11.5 Å². The van der Waals surface area contributed by atoms with Gasteiger partial charge in [0.05, 0.1) is 7.11 Å². The van der Waals surface area contributed by atoms with Gasteiger partial charge in [0.1, 0.15) is 0 Å². The van der Waals surface area contributed by atoms with Gasteiger partial charge < -0.3 is 9.84 Å². The summed E-state index contributed by atoms with van der Waals surface area (Å²) in [4.78, 5) is 0. The standard InChI is InChI=1S/C8H8BrFO.C7H6BrFO/c1-5-3-8(11-2)7(10)4-6(5)9;1-4-2-7(10)6(9)3-5(4)8/h3-4H,1-2H3;2-3,10H,1H3. The van der Waals surface area contributed by atoms with Crippen LogP contribution in [-0.4, -0.2) is 12.2 Å². The van der Waals surface area contributed by atoms with Gasteiger partial charge in [-0.05, 0) is 49.2 Å². The van der Waals surface area contributed by atoms with Crippen LogP contribution in [0.25, 0.3) is 0 Å². The fraction of sp³-hybridized carbons (Fsp3) is 0.200. The van der Waals surface area contributed by atoms with Gasteiger partial charge in [0.15, 0.2) is 23.1 Å². The first-order valence-corrected chi connectivity index (χ1v) is 7.49. The second-order valence-electron chi connectivity index (χ2n) is 4.29. The number of methoxy groups -OCH3 is 1. The summed E-state index contributed by atoms with van der Waals surface area (Å²) in [5.41, 5.74) is 1.78. The van der Waals surface area contributed by atoms with Crippen LogP contribution in [0.5, 0.6) is 11.5 Å². The average Bonchev–Trinajstić information content (AvgIpc) is 2.41. The highest BCUT2D eigenvalue weighted by molar-refractivity contribution is 9.10. The van der Waals surface area contributed by atoms with Crippen LogP contribution in [0.2, 0.25) is 0 Å². The molecule has 0 saturated carbocycles. The third kappa shape index (κ3) is 4.97. The zero-order valence-electron chi connectivity index (χ0n) is 11.7. The second-order valence-corrected chi connectivity index (χ2v) is 6.00. The van der Waals surface area contributed by atoms with Crippen molar-refractivity contribution in [1.29, 1.82) is 0 Å². The molecule has 0 saturated heterocycles. The van der Waals surface area contributed by atoms with Crippen molar-refractivity contribution in [1.82, 2.24) is 0 Å². The Kier molecular flexibility index (Phi) is 6.61. The van der Waals surface area contributed by atoms with Gasteiger partial charge in [-0.3, -0.25) is 0 Å². The van der Waals surface area contributed by atoms with Crippen molar-refractivity contribution in [3.05, 3.63) is 56.0 Å². The molecule has 1 N–H and O–H groups in total. The average molecular weight is 424 g/mol. The van der Waals surface area contributed by atoms with Crippen LogP contribution >= 0.6 is 31.9 Å². The number of benzene rings is 2. The van der Waals surface area contributed by atoms with E-state index in [1.807, 2.05) is 6.92 Å².